The highest BCUT2D eigenvalue weighted by molar-refractivity contribution is 5.70. The lowest BCUT2D eigenvalue weighted by atomic mass is 9.70. The van der Waals surface area contributed by atoms with Gasteiger partial charge in [-0.25, -0.2) is 0 Å². The molecule has 2 aliphatic carbocycles. The molecule has 1 aromatic rings. The van der Waals surface area contributed by atoms with E-state index in [1.54, 1.807) is 0 Å². The van der Waals surface area contributed by atoms with Crippen LogP contribution in [0.5, 0.6) is 5.75 Å². The minimum Gasteiger partial charge on any atom is -0.426 e. The summed E-state index contributed by atoms with van der Waals surface area (Å²) in [6.45, 7) is 8.25. The molecular weight excluding hydrogens is 236 g/mol. The molecule has 2 aliphatic rings. The van der Waals surface area contributed by atoms with Gasteiger partial charge in [0.15, 0.2) is 0 Å². The summed E-state index contributed by atoms with van der Waals surface area (Å²) >= 11 is 0. The van der Waals surface area contributed by atoms with Crippen LogP contribution in [-0.2, 0) is 10.2 Å². The molecule has 2 saturated carbocycles. The Bertz CT molecular complexity index is 546. The van der Waals surface area contributed by atoms with E-state index in [-0.39, 0.29) is 11.4 Å². The molecule has 2 nitrogen and oxygen atoms in total. The summed E-state index contributed by atoms with van der Waals surface area (Å²) in [5.74, 6) is 1.40. The van der Waals surface area contributed by atoms with Gasteiger partial charge in [-0.1, -0.05) is 26.0 Å². The lowest BCUT2D eigenvalue weighted by Gasteiger charge is -2.34. The van der Waals surface area contributed by atoms with Crippen LogP contribution in [0.15, 0.2) is 18.2 Å². The molecule has 1 aromatic carbocycles. The predicted molar refractivity (Wildman–Crippen MR) is 75.3 cm³/mol. The fourth-order valence-corrected chi connectivity index (χ4v) is 4.06. The molecule has 2 fully saturated rings. The number of hydrogen-bond donors (Lipinski definition) is 0. The van der Waals surface area contributed by atoms with Crippen molar-refractivity contribution in [2.45, 2.75) is 52.4 Å². The second-order valence-electron chi connectivity index (χ2n) is 6.78. The summed E-state index contributed by atoms with van der Waals surface area (Å²) in [6, 6.07) is 6.30. The Morgan fingerprint density at radius 1 is 1.37 bits per heavy atom. The van der Waals surface area contributed by atoms with Crippen LogP contribution in [0.2, 0.25) is 0 Å². The first kappa shape index (κ1) is 12.7. The molecule has 3 rings (SSSR count). The standard InChI is InChI=1S/C17H22O2/c1-11-5-6-14(15(9-11)19-12(2)18)16(3)8-7-13-10-17(13,16)4/h5-6,9,13H,7-8,10H2,1-4H3/t13-,16+,17+/m1/s1. The zero-order valence-electron chi connectivity index (χ0n) is 12.2. The summed E-state index contributed by atoms with van der Waals surface area (Å²) in [7, 11) is 0. The first-order valence-corrected chi connectivity index (χ1v) is 7.16. The van der Waals surface area contributed by atoms with Crippen molar-refractivity contribution in [1.29, 1.82) is 0 Å². The topological polar surface area (TPSA) is 26.3 Å². The molecule has 102 valence electrons. The normalized spacial score (nSPS) is 35.9. The second kappa shape index (κ2) is 3.84. The van der Waals surface area contributed by atoms with Gasteiger partial charge in [0, 0.05) is 17.9 Å². The zero-order chi connectivity index (χ0) is 13.8. The summed E-state index contributed by atoms with van der Waals surface area (Å²) in [4.78, 5) is 11.3. The van der Waals surface area contributed by atoms with Gasteiger partial charge < -0.3 is 4.74 Å². The van der Waals surface area contributed by atoms with Crippen LogP contribution in [-0.4, -0.2) is 5.97 Å². The highest BCUT2D eigenvalue weighted by Crippen LogP contribution is 2.72. The van der Waals surface area contributed by atoms with Gasteiger partial charge in [0.05, 0.1) is 0 Å². The van der Waals surface area contributed by atoms with Crippen molar-refractivity contribution >= 4 is 5.97 Å². The number of fused-ring (bicyclic) bond motifs is 1. The number of ether oxygens (including phenoxy) is 1. The Morgan fingerprint density at radius 2 is 2.11 bits per heavy atom. The summed E-state index contributed by atoms with van der Waals surface area (Å²) < 4.78 is 5.48. The predicted octanol–water partition coefficient (Wildman–Crippen LogP) is 4.00. The Balaban J connectivity index is 2.07. The first-order valence-electron chi connectivity index (χ1n) is 7.16. The highest BCUT2D eigenvalue weighted by Gasteiger charge is 2.66. The van der Waals surface area contributed by atoms with Crippen molar-refractivity contribution < 1.29 is 9.53 Å². The van der Waals surface area contributed by atoms with E-state index in [4.69, 9.17) is 4.74 Å². The highest BCUT2D eigenvalue weighted by atomic mass is 16.5. The van der Waals surface area contributed by atoms with Crippen molar-refractivity contribution in [3.8, 4) is 5.75 Å². The first-order chi connectivity index (χ1) is 8.87. The number of esters is 1. The van der Waals surface area contributed by atoms with Crippen molar-refractivity contribution in [3.63, 3.8) is 0 Å². The smallest absolute Gasteiger partial charge is 0.308 e. The van der Waals surface area contributed by atoms with E-state index in [1.165, 1.54) is 31.7 Å². The fraction of sp³-hybridized carbons (Fsp3) is 0.588. The lowest BCUT2D eigenvalue weighted by Crippen LogP contribution is -2.30. The molecular formula is C17H22O2. The van der Waals surface area contributed by atoms with Crippen LogP contribution in [0.25, 0.3) is 0 Å². The summed E-state index contributed by atoms with van der Waals surface area (Å²) in [5.41, 5.74) is 2.91. The monoisotopic (exact) mass is 258 g/mol. The van der Waals surface area contributed by atoms with Gasteiger partial charge in [0.1, 0.15) is 5.75 Å². The van der Waals surface area contributed by atoms with Crippen molar-refractivity contribution in [2.75, 3.05) is 0 Å². The Hall–Kier alpha value is -1.31. The molecule has 0 amide bonds. The number of carbonyl (C=O) groups is 1. The van der Waals surface area contributed by atoms with E-state index >= 15 is 0 Å². The van der Waals surface area contributed by atoms with E-state index in [0.717, 1.165) is 17.2 Å². The largest absolute Gasteiger partial charge is 0.426 e. The molecule has 0 spiro atoms. The molecule has 19 heavy (non-hydrogen) atoms. The molecule has 0 N–H and O–H groups in total. The molecule has 0 bridgehead atoms. The van der Waals surface area contributed by atoms with Crippen LogP contribution in [0, 0.1) is 18.3 Å². The van der Waals surface area contributed by atoms with Crippen LogP contribution in [0.3, 0.4) is 0 Å². The van der Waals surface area contributed by atoms with Crippen LogP contribution in [0.4, 0.5) is 0 Å². The third-order valence-electron chi connectivity index (χ3n) is 5.65. The molecule has 0 aliphatic heterocycles. The number of hydrogen-bond acceptors (Lipinski definition) is 2. The van der Waals surface area contributed by atoms with E-state index in [0.29, 0.717) is 5.41 Å². The Morgan fingerprint density at radius 3 is 2.63 bits per heavy atom. The molecule has 0 radical (unpaired) electrons. The van der Waals surface area contributed by atoms with Gasteiger partial charge >= 0.3 is 5.97 Å². The number of carbonyl (C=O) groups excluding carboxylic acids is 1. The minimum atomic E-state index is -0.231. The van der Waals surface area contributed by atoms with Crippen LogP contribution in [0.1, 0.15) is 51.2 Å². The molecule has 0 saturated heterocycles. The van der Waals surface area contributed by atoms with E-state index in [1.807, 2.05) is 13.0 Å². The molecule has 0 unspecified atom stereocenters. The quantitative estimate of drug-likeness (QED) is 0.592. The van der Waals surface area contributed by atoms with E-state index in [2.05, 4.69) is 26.0 Å². The van der Waals surface area contributed by atoms with Gasteiger partial charge in [-0.15, -0.1) is 0 Å². The molecule has 0 heterocycles. The average Bonchev–Trinajstić information content (AvgIpc) is 2.92. The SMILES string of the molecule is CC(=O)Oc1cc(C)ccc1[C@]1(C)CC[C@@H]2C[C@@]21C. The summed E-state index contributed by atoms with van der Waals surface area (Å²) in [5, 5.41) is 0. The van der Waals surface area contributed by atoms with Crippen LogP contribution < -0.4 is 4.74 Å². The molecule has 2 heteroatoms. The lowest BCUT2D eigenvalue weighted by molar-refractivity contribution is -0.132. The van der Waals surface area contributed by atoms with E-state index < -0.39 is 0 Å². The average molecular weight is 258 g/mol. The maximum atomic E-state index is 11.3. The van der Waals surface area contributed by atoms with Crippen molar-refractivity contribution in [1.82, 2.24) is 0 Å². The van der Waals surface area contributed by atoms with Gasteiger partial charge in [-0.05, 0) is 49.1 Å². The third kappa shape index (κ3) is 1.73. The third-order valence-corrected chi connectivity index (χ3v) is 5.65. The Labute approximate surface area is 115 Å². The second-order valence-corrected chi connectivity index (χ2v) is 6.78. The maximum Gasteiger partial charge on any atom is 0.308 e. The van der Waals surface area contributed by atoms with Crippen LogP contribution >= 0.6 is 0 Å². The van der Waals surface area contributed by atoms with Gasteiger partial charge in [-0.2, -0.15) is 0 Å². The fourth-order valence-electron chi connectivity index (χ4n) is 4.06. The van der Waals surface area contributed by atoms with Gasteiger partial charge in [0.2, 0.25) is 0 Å². The Kier molecular flexibility index (Phi) is 2.57. The van der Waals surface area contributed by atoms with Crippen molar-refractivity contribution in [2.24, 2.45) is 11.3 Å². The molecule has 0 aromatic heterocycles. The van der Waals surface area contributed by atoms with Gasteiger partial charge in [-0.3, -0.25) is 4.79 Å². The number of benzene rings is 1. The summed E-state index contributed by atoms with van der Waals surface area (Å²) in [6.07, 6.45) is 3.82. The number of aryl methyl sites for hydroxylation is 1. The number of rotatable bonds is 2. The van der Waals surface area contributed by atoms with Gasteiger partial charge in [0.25, 0.3) is 0 Å². The minimum absolute atomic E-state index is 0.149. The molecule has 3 atom stereocenters. The maximum absolute atomic E-state index is 11.3. The van der Waals surface area contributed by atoms with E-state index in [9.17, 15) is 4.79 Å². The van der Waals surface area contributed by atoms with Crippen molar-refractivity contribution in [3.05, 3.63) is 29.3 Å². The zero-order valence-corrected chi connectivity index (χ0v) is 12.2.